The van der Waals surface area contributed by atoms with Crippen LogP contribution < -0.4 is 5.73 Å². The van der Waals surface area contributed by atoms with Gasteiger partial charge in [0.2, 0.25) is 0 Å². The Kier molecular flexibility index (Phi) is 5.78. The summed E-state index contributed by atoms with van der Waals surface area (Å²) in [5.41, 5.74) is 6.86. The first-order chi connectivity index (χ1) is 9.65. The van der Waals surface area contributed by atoms with Crippen LogP contribution in [0.15, 0.2) is 18.2 Å². The van der Waals surface area contributed by atoms with Crippen LogP contribution in [0.25, 0.3) is 0 Å². The SMILES string of the molecule is CCCN1CCN(C(CN)c2ccc(F)cc2Cl)CC1. The standard InChI is InChI=1S/C15H23ClFN3/c1-2-5-19-6-8-20(9-7-19)15(11-18)13-4-3-12(17)10-14(13)16/h3-4,10,15H,2,5-9,11,18H2,1H3. The number of hydrogen-bond acceptors (Lipinski definition) is 3. The van der Waals surface area contributed by atoms with Gasteiger partial charge in [-0.25, -0.2) is 4.39 Å². The molecule has 1 atom stereocenters. The third-order valence-electron chi connectivity index (χ3n) is 3.93. The predicted molar refractivity (Wildman–Crippen MR) is 81.5 cm³/mol. The van der Waals surface area contributed by atoms with Crippen molar-refractivity contribution in [2.24, 2.45) is 5.73 Å². The van der Waals surface area contributed by atoms with E-state index in [4.69, 9.17) is 17.3 Å². The lowest BCUT2D eigenvalue weighted by Gasteiger charge is -2.39. The largest absolute Gasteiger partial charge is 0.329 e. The highest BCUT2D eigenvalue weighted by molar-refractivity contribution is 6.31. The molecule has 1 aliphatic heterocycles. The second kappa shape index (κ2) is 7.36. The van der Waals surface area contributed by atoms with Crippen LogP contribution in [0.3, 0.4) is 0 Å². The van der Waals surface area contributed by atoms with Crippen molar-refractivity contribution in [3.63, 3.8) is 0 Å². The van der Waals surface area contributed by atoms with Crippen molar-refractivity contribution in [1.29, 1.82) is 0 Å². The third kappa shape index (κ3) is 3.70. The minimum absolute atomic E-state index is 0.0758. The molecule has 1 aliphatic rings. The Morgan fingerprint density at radius 1 is 1.30 bits per heavy atom. The molecule has 0 saturated carbocycles. The summed E-state index contributed by atoms with van der Waals surface area (Å²) in [4.78, 5) is 4.82. The van der Waals surface area contributed by atoms with Gasteiger partial charge in [-0.05, 0) is 30.7 Å². The van der Waals surface area contributed by atoms with Gasteiger partial charge in [0, 0.05) is 43.8 Å². The maximum atomic E-state index is 13.2. The second-order valence-corrected chi connectivity index (χ2v) is 5.70. The van der Waals surface area contributed by atoms with Crippen LogP contribution in [0.2, 0.25) is 5.02 Å². The Morgan fingerprint density at radius 2 is 2.00 bits per heavy atom. The first kappa shape index (κ1) is 15.7. The smallest absolute Gasteiger partial charge is 0.124 e. The molecule has 5 heteroatoms. The van der Waals surface area contributed by atoms with E-state index < -0.39 is 0 Å². The minimum Gasteiger partial charge on any atom is -0.329 e. The molecule has 1 aromatic carbocycles. The fourth-order valence-corrected chi connectivity index (χ4v) is 3.15. The first-order valence-electron chi connectivity index (χ1n) is 7.27. The zero-order valence-electron chi connectivity index (χ0n) is 12.0. The Morgan fingerprint density at radius 3 is 2.55 bits per heavy atom. The molecule has 20 heavy (non-hydrogen) atoms. The zero-order chi connectivity index (χ0) is 14.5. The number of hydrogen-bond donors (Lipinski definition) is 1. The van der Waals surface area contributed by atoms with Crippen LogP contribution in [-0.2, 0) is 0 Å². The highest BCUT2D eigenvalue weighted by Crippen LogP contribution is 2.28. The molecule has 0 radical (unpaired) electrons. The molecule has 1 unspecified atom stereocenters. The second-order valence-electron chi connectivity index (χ2n) is 5.29. The van der Waals surface area contributed by atoms with Crippen molar-refractivity contribution < 1.29 is 4.39 Å². The molecule has 1 fully saturated rings. The van der Waals surface area contributed by atoms with Crippen molar-refractivity contribution >= 4 is 11.6 Å². The van der Waals surface area contributed by atoms with Crippen LogP contribution >= 0.6 is 11.6 Å². The van der Waals surface area contributed by atoms with Crippen molar-refractivity contribution in [2.45, 2.75) is 19.4 Å². The van der Waals surface area contributed by atoms with E-state index in [1.165, 1.54) is 18.6 Å². The van der Waals surface area contributed by atoms with E-state index in [9.17, 15) is 4.39 Å². The number of nitrogens with zero attached hydrogens (tertiary/aromatic N) is 2. The van der Waals surface area contributed by atoms with E-state index in [1.807, 2.05) is 0 Å². The Bertz CT molecular complexity index is 433. The van der Waals surface area contributed by atoms with Gasteiger partial charge in [0.1, 0.15) is 5.82 Å². The van der Waals surface area contributed by atoms with Gasteiger partial charge in [-0.3, -0.25) is 4.90 Å². The number of piperazine rings is 1. The van der Waals surface area contributed by atoms with Crippen molar-refractivity contribution in [2.75, 3.05) is 39.3 Å². The van der Waals surface area contributed by atoms with Gasteiger partial charge in [0.05, 0.1) is 0 Å². The number of rotatable bonds is 5. The molecule has 112 valence electrons. The molecule has 2 N–H and O–H groups in total. The summed E-state index contributed by atoms with van der Waals surface area (Å²) in [5, 5.41) is 0.469. The van der Waals surface area contributed by atoms with Crippen molar-refractivity contribution in [3.8, 4) is 0 Å². The summed E-state index contributed by atoms with van der Waals surface area (Å²) in [5.74, 6) is -0.303. The summed E-state index contributed by atoms with van der Waals surface area (Å²) in [6, 6.07) is 4.66. The summed E-state index contributed by atoms with van der Waals surface area (Å²) in [6.07, 6.45) is 1.18. The monoisotopic (exact) mass is 299 g/mol. The van der Waals surface area contributed by atoms with E-state index in [1.54, 1.807) is 6.07 Å². The average molecular weight is 300 g/mol. The Balaban J connectivity index is 2.05. The average Bonchev–Trinajstić information content (AvgIpc) is 2.44. The van der Waals surface area contributed by atoms with E-state index >= 15 is 0 Å². The third-order valence-corrected chi connectivity index (χ3v) is 4.26. The summed E-state index contributed by atoms with van der Waals surface area (Å²) >= 11 is 6.17. The lowest BCUT2D eigenvalue weighted by atomic mass is 10.0. The minimum atomic E-state index is -0.303. The molecular formula is C15H23ClFN3. The van der Waals surface area contributed by atoms with Gasteiger partial charge in [0.15, 0.2) is 0 Å². The van der Waals surface area contributed by atoms with Gasteiger partial charge in [-0.15, -0.1) is 0 Å². The molecule has 0 aliphatic carbocycles. The van der Waals surface area contributed by atoms with Crippen molar-refractivity contribution in [3.05, 3.63) is 34.6 Å². The quantitative estimate of drug-likeness (QED) is 0.907. The normalized spacial score (nSPS) is 19.2. The molecule has 0 amide bonds. The molecule has 3 nitrogen and oxygen atoms in total. The topological polar surface area (TPSA) is 32.5 Å². The highest BCUT2D eigenvalue weighted by atomic mass is 35.5. The lowest BCUT2D eigenvalue weighted by Crippen LogP contribution is -2.49. The number of benzene rings is 1. The van der Waals surface area contributed by atoms with E-state index in [0.717, 1.165) is 38.3 Å². The van der Waals surface area contributed by atoms with Gasteiger partial charge in [0.25, 0.3) is 0 Å². The maximum Gasteiger partial charge on any atom is 0.124 e. The maximum absolute atomic E-state index is 13.2. The molecule has 1 aromatic rings. The number of nitrogens with two attached hydrogens (primary N) is 1. The zero-order valence-corrected chi connectivity index (χ0v) is 12.7. The van der Waals surface area contributed by atoms with Crippen LogP contribution in [-0.4, -0.2) is 49.1 Å². The molecule has 0 spiro atoms. The van der Waals surface area contributed by atoms with Crippen LogP contribution in [0.4, 0.5) is 4.39 Å². The van der Waals surface area contributed by atoms with Crippen molar-refractivity contribution in [1.82, 2.24) is 9.80 Å². The van der Waals surface area contributed by atoms with Crippen LogP contribution in [0.5, 0.6) is 0 Å². The predicted octanol–water partition coefficient (Wildman–Crippen LogP) is 2.51. The fourth-order valence-electron chi connectivity index (χ4n) is 2.86. The molecule has 0 aromatic heterocycles. The summed E-state index contributed by atoms with van der Waals surface area (Å²) in [6.45, 7) is 7.93. The molecule has 2 rings (SSSR count). The van der Waals surface area contributed by atoms with Gasteiger partial charge in [-0.2, -0.15) is 0 Å². The van der Waals surface area contributed by atoms with Gasteiger partial charge in [-0.1, -0.05) is 24.6 Å². The van der Waals surface area contributed by atoms with E-state index in [-0.39, 0.29) is 11.9 Å². The molecule has 0 bridgehead atoms. The fraction of sp³-hybridized carbons (Fsp3) is 0.600. The Labute approximate surface area is 125 Å². The van der Waals surface area contributed by atoms with E-state index in [2.05, 4.69) is 16.7 Å². The molecular weight excluding hydrogens is 277 g/mol. The van der Waals surface area contributed by atoms with Gasteiger partial charge < -0.3 is 10.6 Å². The lowest BCUT2D eigenvalue weighted by molar-refractivity contribution is 0.0985. The number of halogens is 2. The summed E-state index contributed by atoms with van der Waals surface area (Å²) in [7, 11) is 0. The molecule has 1 heterocycles. The highest BCUT2D eigenvalue weighted by Gasteiger charge is 2.25. The Hall–Kier alpha value is -0.680. The van der Waals surface area contributed by atoms with Crippen LogP contribution in [0, 0.1) is 5.82 Å². The molecule has 1 saturated heterocycles. The van der Waals surface area contributed by atoms with E-state index in [0.29, 0.717) is 11.6 Å². The van der Waals surface area contributed by atoms with Gasteiger partial charge >= 0.3 is 0 Å². The summed E-state index contributed by atoms with van der Waals surface area (Å²) < 4.78 is 13.2. The van der Waals surface area contributed by atoms with Crippen LogP contribution in [0.1, 0.15) is 24.9 Å². The first-order valence-corrected chi connectivity index (χ1v) is 7.65.